The molecule has 1 aromatic carbocycles. The van der Waals surface area contributed by atoms with Gasteiger partial charge in [0.25, 0.3) is 5.91 Å². The van der Waals surface area contributed by atoms with E-state index in [-0.39, 0.29) is 5.91 Å². The van der Waals surface area contributed by atoms with E-state index in [2.05, 4.69) is 4.98 Å². The van der Waals surface area contributed by atoms with Gasteiger partial charge >= 0.3 is 0 Å². The SMILES string of the molecule is CCN(C(=O)c1cc(N)ccc1Cl)c1ccncc1. The molecular formula is C14H14ClN3O. The Kier molecular flexibility index (Phi) is 4.02. The van der Waals surface area contributed by atoms with Gasteiger partial charge in [-0.25, -0.2) is 0 Å². The number of benzene rings is 1. The molecule has 0 aliphatic carbocycles. The van der Waals surface area contributed by atoms with Crippen LogP contribution in [0.2, 0.25) is 5.02 Å². The second-order valence-corrected chi connectivity index (χ2v) is 4.40. The lowest BCUT2D eigenvalue weighted by Gasteiger charge is -2.21. The number of nitrogen functional groups attached to an aromatic ring is 1. The van der Waals surface area contributed by atoms with Crippen LogP contribution in [0.15, 0.2) is 42.7 Å². The average Bonchev–Trinajstić information content (AvgIpc) is 2.43. The lowest BCUT2D eigenvalue weighted by Crippen LogP contribution is -2.30. The molecule has 1 heterocycles. The summed E-state index contributed by atoms with van der Waals surface area (Å²) in [7, 11) is 0. The van der Waals surface area contributed by atoms with Crippen molar-refractivity contribution < 1.29 is 4.79 Å². The number of carbonyl (C=O) groups is 1. The molecule has 1 amide bonds. The van der Waals surface area contributed by atoms with E-state index in [1.165, 1.54) is 0 Å². The molecule has 0 aliphatic rings. The second kappa shape index (κ2) is 5.71. The number of aromatic nitrogens is 1. The van der Waals surface area contributed by atoms with E-state index in [0.29, 0.717) is 22.8 Å². The number of halogens is 1. The summed E-state index contributed by atoms with van der Waals surface area (Å²) < 4.78 is 0. The molecule has 0 bridgehead atoms. The average molecular weight is 276 g/mol. The van der Waals surface area contributed by atoms with Crippen LogP contribution in [0.3, 0.4) is 0 Å². The molecule has 5 heteroatoms. The van der Waals surface area contributed by atoms with Crippen LogP contribution in [-0.4, -0.2) is 17.4 Å². The minimum absolute atomic E-state index is 0.175. The Labute approximate surface area is 116 Å². The van der Waals surface area contributed by atoms with E-state index in [1.54, 1.807) is 47.6 Å². The van der Waals surface area contributed by atoms with E-state index >= 15 is 0 Å². The fourth-order valence-corrected chi connectivity index (χ4v) is 2.02. The number of amides is 1. The highest BCUT2D eigenvalue weighted by Gasteiger charge is 2.18. The standard InChI is InChI=1S/C14H14ClN3O/c1-2-18(11-5-7-17-8-6-11)14(19)12-9-10(16)3-4-13(12)15/h3-9H,2,16H2,1H3. The van der Waals surface area contributed by atoms with Gasteiger partial charge in [-0.3, -0.25) is 9.78 Å². The molecule has 98 valence electrons. The first-order chi connectivity index (χ1) is 9.13. The molecule has 0 saturated heterocycles. The maximum Gasteiger partial charge on any atom is 0.259 e. The number of pyridine rings is 1. The number of carbonyl (C=O) groups excluding carboxylic acids is 1. The maximum atomic E-state index is 12.5. The Balaban J connectivity index is 2.39. The summed E-state index contributed by atoms with van der Waals surface area (Å²) in [6, 6.07) is 8.45. The third-order valence-electron chi connectivity index (χ3n) is 2.76. The van der Waals surface area contributed by atoms with Gasteiger partial charge in [0.2, 0.25) is 0 Å². The molecule has 0 saturated carbocycles. The van der Waals surface area contributed by atoms with Gasteiger partial charge in [0.15, 0.2) is 0 Å². The summed E-state index contributed by atoms with van der Waals surface area (Å²) in [5.41, 5.74) is 7.40. The van der Waals surface area contributed by atoms with Gasteiger partial charge in [0.1, 0.15) is 0 Å². The Morgan fingerprint density at radius 1 is 1.32 bits per heavy atom. The highest BCUT2D eigenvalue weighted by atomic mass is 35.5. The van der Waals surface area contributed by atoms with Crippen molar-refractivity contribution in [3.8, 4) is 0 Å². The van der Waals surface area contributed by atoms with Crippen LogP contribution in [0.1, 0.15) is 17.3 Å². The van der Waals surface area contributed by atoms with E-state index in [4.69, 9.17) is 17.3 Å². The Morgan fingerprint density at radius 3 is 2.63 bits per heavy atom. The summed E-state index contributed by atoms with van der Waals surface area (Å²) in [5.74, 6) is -0.175. The van der Waals surface area contributed by atoms with E-state index in [9.17, 15) is 4.79 Å². The molecular weight excluding hydrogens is 262 g/mol. The maximum absolute atomic E-state index is 12.5. The van der Waals surface area contributed by atoms with Crippen molar-refractivity contribution in [2.24, 2.45) is 0 Å². The van der Waals surface area contributed by atoms with Gasteiger partial charge in [0.05, 0.1) is 10.6 Å². The normalized spacial score (nSPS) is 10.2. The summed E-state index contributed by atoms with van der Waals surface area (Å²) in [6.07, 6.45) is 3.29. The third-order valence-corrected chi connectivity index (χ3v) is 3.09. The van der Waals surface area contributed by atoms with Crippen molar-refractivity contribution >= 4 is 28.9 Å². The molecule has 0 spiro atoms. The molecule has 0 radical (unpaired) electrons. The van der Waals surface area contributed by atoms with Gasteiger partial charge in [-0.2, -0.15) is 0 Å². The minimum Gasteiger partial charge on any atom is -0.399 e. The Bertz CT molecular complexity index is 586. The first kappa shape index (κ1) is 13.4. The number of anilines is 2. The number of hydrogen-bond acceptors (Lipinski definition) is 3. The summed E-state index contributed by atoms with van der Waals surface area (Å²) in [4.78, 5) is 18.1. The molecule has 0 unspecified atom stereocenters. The van der Waals surface area contributed by atoms with Gasteiger partial charge in [-0.05, 0) is 37.3 Å². The van der Waals surface area contributed by atoms with Crippen LogP contribution in [0, 0.1) is 0 Å². The molecule has 0 aliphatic heterocycles. The highest BCUT2D eigenvalue weighted by molar-refractivity contribution is 6.34. The quantitative estimate of drug-likeness (QED) is 0.876. The first-order valence-corrected chi connectivity index (χ1v) is 6.28. The van der Waals surface area contributed by atoms with Crippen LogP contribution in [0.4, 0.5) is 11.4 Å². The number of hydrogen-bond donors (Lipinski definition) is 1. The van der Waals surface area contributed by atoms with Crippen LogP contribution in [-0.2, 0) is 0 Å². The third kappa shape index (κ3) is 2.85. The van der Waals surface area contributed by atoms with Gasteiger partial charge in [-0.1, -0.05) is 11.6 Å². The second-order valence-electron chi connectivity index (χ2n) is 3.99. The fraction of sp³-hybridized carbons (Fsp3) is 0.143. The van der Waals surface area contributed by atoms with Crippen molar-refractivity contribution in [3.63, 3.8) is 0 Å². The number of nitrogens with two attached hydrogens (primary N) is 1. The van der Waals surface area contributed by atoms with Crippen molar-refractivity contribution in [3.05, 3.63) is 53.3 Å². The predicted molar refractivity (Wildman–Crippen MR) is 77.5 cm³/mol. The van der Waals surface area contributed by atoms with Crippen LogP contribution < -0.4 is 10.6 Å². The summed E-state index contributed by atoms with van der Waals surface area (Å²) >= 11 is 6.06. The van der Waals surface area contributed by atoms with Crippen molar-refractivity contribution in [1.29, 1.82) is 0 Å². The molecule has 1 aromatic heterocycles. The predicted octanol–water partition coefficient (Wildman–Crippen LogP) is 2.98. The number of rotatable bonds is 3. The molecule has 0 fully saturated rings. The summed E-state index contributed by atoms with van der Waals surface area (Å²) in [6.45, 7) is 2.44. The number of nitrogens with zero attached hydrogens (tertiary/aromatic N) is 2. The van der Waals surface area contributed by atoms with Crippen LogP contribution in [0.5, 0.6) is 0 Å². The molecule has 2 N–H and O–H groups in total. The van der Waals surface area contributed by atoms with Crippen LogP contribution >= 0.6 is 11.6 Å². The largest absolute Gasteiger partial charge is 0.399 e. The smallest absolute Gasteiger partial charge is 0.259 e. The van der Waals surface area contributed by atoms with Gasteiger partial charge < -0.3 is 10.6 Å². The van der Waals surface area contributed by atoms with Crippen molar-refractivity contribution in [1.82, 2.24) is 4.98 Å². The van der Waals surface area contributed by atoms with Crippen molar-refractivity contribution in [2.75, 3.05) is 17.2 Å². The first-order valence-electron chi connectivity index (χ1n) is 5.90. The zero-order valence-electron chi connectivity index (χ0n) is 10.5. The van der Waals surface area contributed by atoms with E-state index in [0.717, 1.165) is 5.69 Å². The molecule has 19 heavy (non-hydrogen) atoms. The molecule has 4 nitrogen and oxygen atoms in total. The highest BCUT2D eigenvalue weighted by Crippen LogP contribution is 2.23. The van der Waals surface area contributed by atoms with Crippen LogP contribution in [0.25, 0.3) is 0 Å². The topological polar surface area (TPSA) is 59.2 Å². The Hall–Kier alpha value is -2.07. The molecule has 2 rings (SSSR count). The van der Waals surface area contributed by atoms with E-state index < -0.39 is 0 Å². The Morgan fingerprint density at radius 2 is 2.00 bits per heavy atom. The minimum atomic E-state index is -0.175. The lowest BCUT2D eigenvalue weighted by atomic mass is 10.1. The zero-order valence-corrected chi connectivity index (χ0v) is 11.3. The van der Waals surface area contributed by atoms with E-state index in [1.807, 2.05) is 6.92 Å². The molecule has 2 aromatic rings. The fourth-order valence-electron chi connectivity index (χ4n) is 1.82. The van der Waals surface area contributed by atoms with Gasteiger partial charge in [0, 0.05) is 30.3 Å². The molecule has 0 atom stereocenters. The van der Waals surface area contributed by atoms with Crippen molar-refractivity contribution in [2.45, 2.75) is 6.92 Å². The zero-order chi connectivity index (χ0) is 13.8. The monoisotopic (exact) mass is 275 g/mol. The lowest BCUT2D eigenvalue weighted by molar-refractivity contribution is 0.0988. The summed E-state index contributed by atoms with van der Waals surface area (Å²) in [5, 5.41) is 0.395. The van der Waals surface area contributed by atoms with Gasteiger partial charge in [-0.15, -0.1) is 0 Å².